The first-order chi connectivity index (χ1) is 12.9. The number of carbonyl (C=O) groups is 3. The molecule has 27 heavy (non-hydrogen) atoms. The maximum absolute atomic E-state index is 12.2. The molecule has 0 aliphatic rings. The topological polar surface area (TPSA) is 90.9 Å². The number of amides is 1. The third-order valence-electron chi connectivity index (χ3n) is 3.43. The van der Waals surface area contributed by atoms with Crippen molar-refractivity contribution in [3.05, 3.63) is 58.1 Å². The summed E-state index contributed by atoms with van der Waals surface area (Å²) < 4.78 is 15.6. The second-order valence-corrected chi connectivity index (χ2v) is 6.13. The minimum atomic E-state index is -0.677. The predicted molar refractivity (Wildman–Crippen MR) is 102 cm³/mol. The van der Waals surface area contributed by atoms with Gasteiger partial charge in [0.1, 0.15) is 5.75 Å². The number of hydrogen-bond donors (Lipinski definition) is 1. The van der Waals surface area contributed by atoms with E-state index in [4.69, 9.17) is 14.2 Å². The van der Waals surface area contributed by atoms with Crippen molar-refractivity contribution >= 4 is 39.5 Å². The first-order valence-electron chi connectivity index (χ1n) is 8.02. The van der Waals surface area contributed by atoms with E-state index in [1.807, 2.05) is 0 Å². The Labute approximate surface area is 164 Å². The summed E-state index contributed by atoms with van der Waals surface area (Å²) in [5.74, 6) is -0.439. The van der Waals surface area contributed by atoms with Crippen LogP contribution in [0.1, 0.15) is 27.6 Å². The van der Waals surface area contributed by atoms with Gasteiger partial charge < -0.3 is 14.2 Å². The summed E-state index contributed by atoms with van der Waals surface area (Å²) in [5.41, 5.74) is 0.967. The van der Waals surface area contributed by atoms with E-state index in [1.165, 1.54) is 19.2 Å². The predicted octanol–water partition coefficient (Wildman–Crippen LogP) is 4.07. The van der Waals surface area contributed by atoms with E-state index in [2.05, 4.69) is 21.2 Å². The number of rotatable bonds is 7. The average molecular weight is 436 g/mol. The Bertz CT molecular complexity index is 852. The first-order valence-corrected chi connectivity index (χ1v) is 8.81. The van der Waals surface area contributed by atoms with Gasteiger partial charge in [-0.15, -0.1) is 0 Å². The fourth-order valence-corrected chi connectivity index (χ4v) is 2.69. The lowest BCUT2D eigenvalue weighted by Gasteiger charge is -2.08. The summed E-state index contributed by atoms with van der Waals surface area (Å²) in [5, 5.41) is 2.49. The summed E-state index contributed by atoms with van der Waals surface area (Å²) in [4.78, 5) is 35.8. The summed E-state index contributed by atoms with van der Waals surface area (Å²) in [7, 11) is 1.52. The van der Waals surface area contributed by atoms with Crippen molar-refractivity contribution in [3.63, 3.8) is 0 Å². The zero-order valence-corrected chi connectivity index (χ0v) is 16.4. The van der Waals surface area contributed by atoms with Crippen LogP contribution < -0.4 is 10.1 Å². The number of hydrogen-bond acceptors (Lipinski definition) is 6. The standard InChI is InChI=1S/C19H18BrNO6/c1-3-26-19(24)21-14-6-4-5-13(9-14)18(23)27-11-16(22)12-7-8-17(25-2)15(20)10-12/h4-10H,3,11H2,1-2H3,(H,21,24). The molecule has 2 aromatic carbocycles. The lowest BCUT2D eigenvalue weighted by atomic mass is 10.1. The molecule has 8 heteroatoms. The van der Waals surface area contributed by atoms with Crippen LogP contribution in [0.15, 0.2) is 46.9 Å². The monoisotopic (exact) mass is 435 g/mol. The molecular formula is C19H18BrNO6. The van der Waals surface area contributed by atoms with Crippen LogP contribution in [0.4, 0.5) is 10.5 Å². The molecule has 0 saturated heterocycles. The van der Waals surface area contributed by atoms with Crippen molar-refractivity contribution in [1.29, 1.82) is 0 Å². The Hall–Kier alpha value is -2.87. The molecule has 0 bridgehead atoms. The van der Waals surface area contributed by atoms with Gasteiger partial charge in [-0.1, -0.05) is 6.07 Å². The first kappa shape index (κ1) is 20.4. The molecule has 0 aromatic heterocycles. The third kappa shape index (κ3) is 5.82. The highest BCUT2D eigenvalue weighted by Crippen LogP contribution is 2.25. The van der Waals surface area contributed by atoms with Crippen molar-refractivity contribution < 1.29 is 28.6 Å². The van der Waals surface area contributed by atoms with E-state index in [0.29, 0.717) is 21.5 Å². The molecule has 2 rings (SSSR count). The number of ether oxygens (including phenoxy) is 3. The van der Waals surface area contributed by atoms with E-state index in [1.54, 1.807) is 37.3 Å². The number of Topliss-reactive ketones (excluding diaryl/α,β-unsaturated/α-hetero) is 1. The molecule has 0 saturated carbocycles. The highest BCUT2D eigenvalue weighted by atomic mass is 79.9. The molecule has 1 amide bonds. The normalized spacial score (nSPS) is 10.0. The molecule has 0 radical (unpaired) electrons. The number of halogens is 1. The Morgan fingerprint density at radius 1 is 1.04 bits per heavy atom. The highest BCUT2D eigenvalue weighted by Gasteiger charge is 2.14. The van der Waals surface area contributed by atoms with Gasteiger partial charge >= 0.3 is 12.1 Å². The largest absolute Gasteiger partial charge is 0.496 e. The van der Waals surface area contributed by atoms with Crippen molar-refractivity contribution in [2.45, 2.75) is 6.92 Å². The van der Waals surface area contributed by atoms with Gasteiger partial charge in [-0.2, -0.15) is 0 Å². The van der Waals surface area contributed by atoms with Gasteiger partial charge in [-0.3, -0.25) is 10.1 Å². The smallest absolute Gasteiger partial charge is 0.411 e. The van der Waals surface area contributed by atoms with Crippen LogP contribution in [0.5, 0.6) is 5.75 Å². The summed E-state index contributed by atoms with van der Waals surface area (Å²) in [6, 6.07) is 11.0. The van der Waals surface area contributed by atoms with Crippen LogP contribution in [-0.2, 0) is 9.47 Å². The van der Waals surface area contributed by atoms with Crippen LogP contribution in [-0.4, -0.2) is 38.2 Å². The lowest BCUT2D eigenvalue weighted by molar-refractivity contribution is 0.0474. The molecule has 0 aliphatic carbocycles. The molecule has 0 fully saturated rings. The van der Waals surface area contributed by atoms with Crippen LogP contribution in [0, 0.1) is 0 Å². The molecule has 0 spiro atoms. The van der Waals surface area contributed by atoms with E-state index < -0.39 is 18.7 Å². The molecule has 1 N–H and O–H groups in total. The minimum absolute atomic E-state index is 0.202. The second kappa shape index (κ2) is 9.72. The Morgan fingerprint density at radius 3 is 2.48 bits per heavy atom. The van der Waals surface area contributed by atoms with E-state index in [0.717, 1.165) is 0 Å². The highest BCUT2D eigenvalue weighted by molar-refractivity contribution is 9.10. The number of nitrogens with one attached hydrogen (secondary N) is 1. The quantitative estimate of drug-likeness (QED) is 0.520. The average Bonchev–Trinajstić information content (AvgIpc) is 2.66. The molecule has 142 valence electrons. The van der Waals surface area contributed by atoms with Crippen molar-refractivity contribution in [2.24, 2.45) is 0 Å². The molecule has 2 aromatic rings. The van der Waals surface area contributed by atoms with Gasteiger partial charge in [0.25, 0.3) is 0 Å². The van der Waals surface area contributed by atoms with E-state index in [9.17, 15) is 14.4 Å². The maximum atomic E-state index is 12.2. The molecule has 0 atom stereocenters. The lowest BCUT2D eigenvalue weighted by Crippen LogP contribution is -2.16. The summed E-state index contributed by atoms with van der Waals surface area (Å²) in [6.07, 6.45) is -0.622. The number of benzene rings is 2. The number of esters is 1. The zero-order valence-electron chi connectivity index (χ0n) is 14.8. The van der Waals surface area contributed by atoms with Gasteiger partial charge in [-0.25, -0.2) is 9.59 Å². The van der Waals surface area contributed by atoms with Gasteiger partial charge in [0.15, 0.2) is 12.4 Å². The van der Waals surface area contributed by atoms with Crippen molar-refractivity contribution in [3.8, 4) is 5.75 Å². The summed E-state index contributed by atoms with van der Waals surface area (Å²) in [6.45, 7) is 1.51. The fraction of sp³-hybridized carbons (Fsp3) is 0.211. The van der Waals surface area contributed by atoms with E-state index in [-0.39, 0.29) is 18.0 Å². The SMILES string of the molecule is CCOC(=O)Nc1cccc(C(=O)OCC(=O)c2ccc(OC)c(Br)c2)c1. The third-order valence-corrected chi connectivity index (χ3v) is 4.05. The van der Waals surface area contributed by atoms with Crippen LogP contribution in [0.2, 0.25) is 0 Å². The number of methoxy groups -OCH3 is 1. The molecule has 0 heterocycles. The number of ketones is 1. The Morgan fingerprint density at radius 2 is 1.81 bits per heavy atom. The maximum Gasteiger partial charge on any atom is 0.411 e. The fourth-order valence-electron chi connectivity index (χ4n) is 2.15. The van der Waals surface area contributed by atoms with Crippen molar-refractivity contribution in [2.75, 3.05) is 25.6 Å². The van der Waals surface area contributed by atoms with Crippen LogP contribution >= 0.6 is 15.9 Å². The Balaban J connectivity index is 1.98. The molecule has 0 aliphatic heterocycles. The molecule has 0 unspecified atom stereocenters. The number of anilines is 1. The Kier molecular flexibility index (Phi) is 7.36. The van der Waals surface area contributed by atoms with Crippen LogP contribution in [0.25, 0.3) is 0 Å². The molecular weight excluding hydrogens is 418 g/mol. The van der Waals surface area contributed by atoms with Gasteiger partial charge in [-0.05, 0) is 59.3 Å². The van der Waals surface area contributed by atoms with Gasteiger partial charge in [0.05, 0.1) is 23.8 Å². The van der Waals surface area contributed by atoms with Crippen molar-refractivity contribution in [1.82, 2.24) is 0 Å². The van der Waals surface area contributed by atoms with E-state index >= 15 is 0 Å². The summed E-state index contributed by atoms with van der Waals surface area (Å²) >= 11 is 3.30. The number of carbonyl (C=O) groups excluding carboxylic acids is 3. The zero-order chi connectivity index (χ0) is 19.8. The van der Waals surface area contributed by atoms with Gasteiger partial charge in [0, 0.05) is 11.3 Å². The van der Waals surface area contributed by atoms with Gasteiger partial charge in [0.2, 0.25) is 0 Å². The van der Waals surface area contributed by atoms with Crippen LogP contribution in [0.3, 0.4) is 0 Å². The second-order valence-electron chi connectivity index (χ2n) is 5.27. The molecule has 7 nitrogen and oxygen atoms in total. The minimum Gasteiger partial charge on any atom is -0.496 e.